The monoisotopic (exact) mass is 250 g/mol. The summed E-state index contributed by atoms with van der Waals surface area (Å²) >= 11 is 0. The Morgan fingerprint density at radius 3 is 2.67 bits per heavy atom. The van der Waals surface area contributed by atoms with Crippen molar-refractivity contribution in [2.45, 2.75) is 6.42 Å². The van der Waals surface area contributed by atoms with E-state index in [2.05, 4.69) is 5.32 Å². The van der Waals surface area contributed by atoms with Gasteiger partial charge in [0.15, 0.2) is 0 Å². The Kier molecular flexibility index (Phi) is 4.04. The molecule has 0 atom stereocenters. The fraction of sp³-hybridized carbons (Fsp3) is 0.385. The van der Waals surface area contributed by atoms with Crippen LogP contribution < -0.4 is 5.32 Å². The second kappa shape index (κ2) is 5.73. The molecule has 0 bridgehead atoms. The molecule has 1 heterocycles. The van der Waals surface area contributed by atoms with Crippen LogP contribution in [0.4, 0.5) is 4.39 Å². The maximum Gasteiger partial charge on any atom is 0.251 e. The number of hydrogen-bond acceptors (Lipinski definition) is 3. The Morgan fingerprint density at radius 1 is 1.33 bits per heavy atom. The quantitative estimate of drug-likeness (QED) is 0.861. The number of hydrogen-bond donors (Lipinski definition) is 1. The van der Waals surface area contributed by atoms with Crippen LogP contribution in [0, 0.1) is 5.82 Å². The summed E-state index contributed by atoms with van der Waals surface area (Å²) in [5, 5.41) is 2.75. The van der Waals surface area contributed by atoms with Gasteiger partial charge < -0.3 is 5.32 Å². The van der Waals surface area contributed by atoms with E-state index < -0.39 is 0 Å². The summed E-state index contributed by atoms with van der Waals surface area (Å²) in [6.07, 6.45) is 0.603. The summed E-state index contributed by atoms with van der Waals surface area (Å²) in [5.41, 5.74) is 0.439. The summed E-state index contributed by atoms with van der Waals surface area (Å²) in [6.45, 7) is 2.40. The van der Waals surface area contributed by atoms with Crippen molar-refractivity contribution >= 4 is 11.7 Å². The van der Waals surface area contributed by atoms with E-state index in [1.807, 2.05) is 4.90 Å². The molecule has 0 saturated carbocycles. The molecule has 2 rings (SSSR count). The predicted molar refractivity (Wildman–Crippen MR) is 64.8 cm³/mol. The smallest absolute Gasteiger partial charge is 0.251 e. The summed E-state index contributed by atoms with van der Waals surface area (Å²) in [7, 11) is 0. The third kappa shape index (κ3) is 3.37. The lowest BCUT2D eigenvalue weighted by molar-refractivity contribution is -0.116. The van der Waals surface area contributed by atoms with E-state index >= 15 is 0 Å². The number of nitrogens with one attached hydrogen (secondary N) is 1. The lowest BCUT2D eigenvalue weighted by Gasteiger charge is -2.13. The summed E-state index contributed by atoms with van der Waals surface area (Å²) < 4.78 is 12.7. The number of ketones is 1. The highest BCUT2D eigenvalue weighted by atomic mass is 19.1. The molecule has 1 aliphatic heterocycles. The Labute approximate surface area is 105 Å². The maximum absolute atomic E-state index is 12.7. The average molecular weight is 250 g/mol. The Morgan fingerprint density at radius 2 is 2.06 bits per heavy atom. The van der Waals surface area contributed by atoms with E-state index in [1.165, 1.54) is 24.3 Å². The van der Waals surface area contributed by atoms with Crippen molar-refractivity contribution < 1.29 is 14.0 Å². The molecular formula is C13H15FN2O2. The molecule has 4 nitrogen and oxygen atoms in total. The lowest BCUT2D eigenvalue weighted by atomic mass is 10.2. The van der Waals surface area contributed by atoms with Crippen LogP contribution >= 0.6 is 0 Å². The molecule has 1 amide bonds. The highest BCUT2D eigenvalue weighted by Crippen LogP contribution is 2.04. The molecule has 0 spiro atoms. The van der Waals surface area contributed by atoms with Crippen LogP contribution in [0.2, 0.25) is 0 Å². The van der Waals surface area contributed by atoms with Gasteiger partial charge in [0.05, 0.1) is 6.54 Å². The number of benzene rings is 1. The fourth-order valence-electron chi connectivity index (χ4n) is 1.91. The zero-order chi connectivity index (χ0) is 13.0. The first-order valence-electron chi connectivity index (χ1n) is 5.93. The minimum Gasteiger partial charge on any atom is -0.351 e. The topological polar surface area (TPSA) is 49.4 Å². The van der Waals surface area contributed by atoms with Crippen molar-refractivity contribution in [3.63, 3.8) is 0 Å². The molecule has 0 aromatic heterocycles. The van der Waals surface area contributed by atoms with Gasteiger partial charge in [0, 0.05) is 31.6 Å². The third-order valence-corrected chi connectivity index (χ3v) is 2.93. The van der Waals surface area contributed by atoms with E-state index in [0.717, 1.165) is 6.54 Å². The zero-order valence-corrected chi connectivity index (χ0v) is 9.99. The van der Waals surface area contributed by atoms with Gasteiger partial charge in [-0.1, -0.05) is 0 Å². The Bertz CT molecular complexity index is 445. The molecular weight excluding hydrogens is 235 g/mol. The van der Waals surface area contributed by atoms with Gasteiger partial charge in [-0.2, -0.15) is 0 Å². The first-order valence-corrected chi connectivity index (χ1v) is 5.93. The number of likely N-dealkylation sites (tertiary alicyclic amines) is 1. The summed E-state index contributed by atoms with van der Waals surface area (Å²) in [6, 6.07) is 5.41. The van der Waals surface area contributed by atoms with Gasteiger partial charge in [0.2, 0.25) is 0 Å². The van der Waals surface area contributed by atoms with Crippen LogP contribution in [0.25, 0.3) is 0 Å². The van der Waals surface area contributed by atoms with Crippen LogP contribution in [0.5, 0.6) is 0 Å². The van der Waals surface area contributed by atoms with E-state index in [9.17, 15) is 14.0 Å². The molecule has 18 heavy (non-hydrogen) atoms. The lowest BCUT2D eigenvalue weighted by Crippen LogP contribution is -2.33. The molecule has 0 aliphatic carbocycles. The normalized spacial score (nSPS) is 15.9. The van der Waals surface area contributed by atoms with Crippen molar-refractivity contribution in [3.8, 4) is 0 Å². The second-order valence-corrected chi connectivity index (χ2v) is 4.33. The number of carbonyl (C=O) groups excluding carboxylic acids is 2. The van der Waals surface area contributed by atoms with Gasteiger partial charge in [-0.05, 0) is 24.3 Å². The van der Waals surface area contributed by atoms with Gasteiger partial charge >= 0.3 is 0 Å². The van der Waals surface area contributed by atoms with Gasteiger partial charge in [0.25, 0.3) is 5.91 Å². The van der Waals surface area contributed by atoms with Gasteiger partial charge in [-0.25, -0.2) is 4.39 Å². The average Bonchev–Trinajstić information content (AvgIpc) is 2.76. The fourth-order valence-corrected chi connectivity index (χ4v) is 1.91. The highest BCUT2D eigenvalue weighted by Gasteiger charge is 2.18. The molecule has 0 radical (unpaired) electrons. The number of Topliss-reactive ketones (excluding diaryl/α,β-unsaturated/α-hetero) is 1. The number of carbonyl (C=O) groups is 2. The van der Waals surface area contributed by atoms with Gasteiger partial charge in [-0.3, -0.25) is 14.5 Å². The van der Waals surface area contributed by atoms with Crippen LogP contribution in [0.15, 0.2) is 24.3 Å². The van der Waals surface area contributed by atoms with E-state index in [-0.39, 0.29) is 17.5 Å². The van der Waals surface area contributed by atoms with Crippen molar-refractivity contribution in [1.82, 2.24) is 10.2 Å². The Balaban J connectivity index is 1.75. The minimum atomic E-state index is -0.359. The molecule has 0 unspecified atom stereocenters. The van der Waals surface area contributed by atoms with E-state index in [1.54, 1.807) is 0 Å². The molecule has 96 valence electrons. The molecule has 1 N–H and O–H groups in total. The maximum atomic E-state index is 12.7. The number of halogens is 1. The molecule has 1 fully saturated rings. The van der Waals surface area contributed by atoms with E-state index in [0.29, 0.717) is 31.6 Å². The summed E-state index contributed by atoms with van der Waals surface area (Å²) in [4.78, 5) is 24.7. The van der Waals surface area contributed by atoms with Crippen LogP contribution in [-0.4, -0.2) is 42.8 Å². The van der Waals surface area contributed by atoms with Gasteiger partial charge in [-0.15, -0.1) is 0 Å². The molecule has 1 aliphatic rings. The standard InChI is InChI=1S/C13H15FN2O2/c14-11-3-1-10(2-4-11)13(18)15-6-8-16-7-5-12(17)9-16/h1-4H,5-9H2,(H,15,18). The van der Waals surface area contributed by atoms with Crippen molar-refractivity contribution in [2.24, 2.45) is 0 Å². The van der Waals surface area contributed by atoms with Crippen LogP contribution in [-0.2, 0) is 4.79 Å². The Hall–Kier alpha value is -1.75. The van der Waals surface area contributed by atoms with Crippen molar-refractivity contribution in [3.05, 3.63) is 35.6 Å². The highest BCUT2D eigenvalue weighted by molar-refractivity contribution is 5.94. The third-order valence-electron chi connectivity index (χ3n) is 2.93. The first-order chi connectivity index (χ1) is 8.65. The van der Waals surface area contributed by atoms with Crippen molar-refractivity contribution in [2.75, 3.05) is 26.2 Å². The number of rotatable bonds is 4. The molecule has 1 aromatic rings. The minimum absolute atomic E-state index is 0.222. The molecule has 1 aromatic carbocycles. The number of nitrogens with zero attached hydrogens (tertiary/aromatic N) is 1. The molecule has 5 heteroatoms. The molecule has 1 saturated heterocycles. The number of amides is 1. The van der Waals surface area contributed by atoms with Gasteiger partial charge in [0.1, 0.15) is 11.6 Å². The SMILES string of the molecule is O=C1CCN(CCNC(=O)c2ccc(F)cc2)C1. The van der Waals surface area contributed by atoms with E-state index in [4.69, 9.17) is 0 Å². The largest absolute Gasteiger partial charge is 0.351 e. The second-order valence-electron chi connectivity index (χ2n) is 4.33. The first kappa shape index (κ1) is 12.7. The van der Waals surface area contributed by atoms with Crippen LogP contribution in [0.3, 0.4) is 0 Å². The predicted octanol–water partition coefficient (Wildman–Crippen LogP) is 0.830. The summed E-state index contributed by atoms with van der Waals surface area (Å²) in [5.74, 6) is -0.331. The van der Waals surface area contributed by atoms with Crippen molar-refractivity contribution in [1.29, 1.82) is 0 Å². The van der Waals surface area contributed by atoms with Crippen LogP contribution in [0.1, 0.15) is 16.8 Å². The zero-order valence-electron chi connectivity index (χ0n) is 9.99.